The smallest absolute Gasteiger partial charge is 0.257 e. The molecule has 104 valence electrons. The van der Waals surface area contributed by atoms with Crippen molar-refractivity contribution in [1.82, 2.24) is 4.90 Å². The van der Waals surface area contributed by atoms with Crippen molar-refractivity contribution in [3.63, 3.8) is 0 Å². The Kier molecular flexibility index (Phi) is 4.10. The minimum absolute atomic E-state index is 0.0509. The van der Waals surface area contributed by atoms with E-state index in [0.717, 1.165) is 31.2 Å². The molecule has 4 heteroatoms. The van der Waals surface area contributed by atoms with E-state index >= 15 is 0 Å². The molecule has 0 aromatic heterocycles. The Labute approximate surface area is 114 Å². The van der Waals surface area contributed by atoms with Gasteiger partial charge in [0, 0.05) is 19.1 Å². The first-order valence-electron chi connectivity index (χ1n) is 6.81. The summed E-state index contributed by atoms with van der Waals surface area (Å²) in [6.07, 6.45) is 3.80. The summed E-state index contributed by atoms with van der Waals surface area (Å²) in [7, 11) is 1.81. The maximum Gasteiger partial charge on any atom is 0.257 e. The van der Waals surface area contributed by atoms with Crippen LogP contribution >= 0.6 is 0 Å². The van der Waals surface area contributed by atoms with E-state index in [1.807, 2.05) is 14.0 Å². The molecule has 3 N–H and O–H groups in total. The highest BCUT2D eigenvalue weighted by Crippen LogP contribution is 2.25. The molecule has 1 aliphatic carbocycles. The summed E-state index contributed by atoms with van der Waals surface area (Å²) in [4.78, 5) is 14.2. The lowest BCUT2D eigenvalue weighted by Gasteiger charge is -2.33. The van der Waals surface area contributed by atoms with Gasteiger partial charge in [-0.3, -0.25) is 4.79 Å². The molecular weight excluding hydrogens is 240 g/mol. The molecule has 1 aliphatic rings. The second-order valence-electron chi connectivity index (χ2n) is 5.51. The predicted molar refractivity (Wildman–Crippen MR) is 75.2 cm³/mol. The van der Waals surface area contributed by atoms with Gasteiger partial charge in [-0.2, -0.15) is 0 Å². The van der Waals surface area contributed by atoms with Crippen molar-refractivity contribution in [1.29, 1.82) is 0 Å². The Morgan fingerprint density at radius 2 is 1.95 bits per heavy atom. The quantitative estimate of drug-likeness (QED) is 0.857. The number of amides is 1. The van der Waals surface area contributed by atoms with Gasteiger partial charge in [0.05, 0.1) is 5.56 Å². The molecule has 1 aromatic carbocycles. The molecule has 4 nitrogen and oxygen atoms in total. The standard InChI is InChI=1S/C15H22N2O2/c1-10-3-8-14(18)13(9-10)15(19)17(2)12-6-4-11(16)5-7-12/h3,8-9,11-12,18H,4-7,16H2,1-2H3. The van der Waals surface area contributed by atoms with Crippen molar-refractivity contribution in [2.45, 2.75) is 44.7 Å². The van der Waals surface area contributed by atoms with Crippen LogP contribution in [0, 0.1) is 6.92 Å². The number of phenols is 1. The summed E-state index contributed by atoms with van der Waals surface area (Å²) in [5.41, 5.74) is 7.24. The number of aryl methyl sites for hydroxylation is 1. The molecule has 1 fully saturated rings. The van der Waals surface area contributed by atoms with Crippen molar-refractivity contribution in [3.8, 4) is 5.75 Å². The molecule has 0 spiro atoms. The van der Waals surface area contributed by atoms with Crippen molar-refractivity contribution < 1.29 is 9.90 Å². The Hall–Kier alpha value is -1.55. The fourth-order valence-corrected chi connectivity index (χ4v) is 2.67. The molecule has 1 amide bonds. The summed E-state index contributed by atoms with van der Waals surface area (Å²) in [5.74, 6) is -0.0587. The zero-order valence-corrected chi connectivity index (χ0v) is 11.6. The Balaban J connectivity index is 2.12. The number of carbonyl (C=O) groups is 1. The second-order valence-corrected chi connectivity index (χ2v) is 5.51. The van der Waals surface area contributed by atoms with Gasteiger partial charge in [0.25, 0.3) is 5.91 Å². The number of benzene rings is 1. The van der Waals surface area contributed by atoms with Gasteiger partial charge in [-0.1, -0.05) is 11.6 Å². The molecule has 0 heterocycles. The minimum Gasteiger partial charge on any atom is -0.507 e. The zero-order chi connectivity index (χ0) is 14.0. The van der Waals surface area contributed by atoms with Crippen LogP contribution in [0.2, 0.25) is 0 Å². The monoisotopic (exact) mass is 262 g/mol. The van der Waals surface area contributed by atoms with E-state index in [-0.39, 0.29) is 23.7 Å². The van der Waals surface area contributed by atoms with Crippen LogP contribution in [-0.4, -0.2) is 35.0 Å². The van der Waals surface area contributed by atoms with E-state index in [9.17, 15) is 9.90 Å². The highest BCUT2D eigenvalue weighted by molar-refractivity contribution is 5.97. The molecule has 2 rings (SSSR count). The lowest BCUT2D eigenvalue weighted by molar-refractivity contribution is 0.0687. The molecule has 0 bridgehead atoms. The van der Waals surface area contributed by atoms with E-state index in [2.05, 4.69) is 0 Å². The first-order chi connectivity index (χ1) is 8.99. The maximum absolute atomic E-state index is 12.4. The third kappa shape index (κ3) is 3.07. The van der Waals surface area contributed by atoms with Gasteiger partial charge in [0.15, 0.2) is 0 Å². The third-order valence-corrected chi connectivity index (χ3v) is 3.99. The molecule has 0 aliphatic heterocycles. The van der Waals surface area contributed by atoms with E-state index in [4.69, 9.17) is 5.73 Å². The Morgan fingerprint density at radius 1 is 1.32 bits per heavy atom. The molecule has 1 saturated carbocycles. The highest BCUT2D eigenvalue weighted by Gasteiger charge is 2.26. The number of hydrogen-bond donors (Lipinski definition) is 2. The van der Waals surface area contributed by atoms with Crippen LogP contribution < -0.4 is 5.73 Å². The number of phenolic OH excluding ortho intramolecular Hbond substituents is 1. The van der Waals surface area contributed by atoms with E-state index in [1.54, 1.807) is 23.1 Å². The van der Waals surface area contributed by atoms with Crippen LogP contribution in [-0.2, 0) is 0 Å². The van der Waals surface area contributed by atoms with Crippen LogP contribution in [0.1, 0.15) is 41.6 Å². The van der Waals surface area contributed by atoms with Crippen molar-refractivity contribution in [3.05, 3.63) is 29.3 Å². The molecule has 0 radical (unpaired) electrons. The van der Waals surface area contributed by atoms with Gasteiger partial charge in [0.1, 0.15) is 5.75 Å². The molecule has 0 unspecified atom stereocenters. The SMILES string of the molecule is Cc1ccc(O)c(C(=O)N(C)C2CCC(N)CC2)c1. The second kappa shape index (κ2) is 5.61. The first-order valence-corrected chi connectivity index (χ1v) is 6.81. The zero-order valence-electron chi connectivity index (χ0n) is 11.6. The van der Waals surface area contributed by atoms with Gasteiger partial charge in [-0.25, -0.2) is 0 Å². The average molecular weight is 262 g/mol. The van der Waals surface area contributed by atoms with Crippen molar-refractivity contribution in [2.75, 3.05) is 7.05 Å². The summed E-state index contributed by atoms with van der Waals surface area (Å²) in [6.45, 7) is 1.91. The summed E-state index contributed by atoms with van der Waals surface area (Å²) < 4.78 is 0. The molecule has 19 heavy (non-hydrogen) atoms. The van der Waals surface area contributed by atoms with Crippen LogP contribution in [0.15, 0.2) is 18.2 Å². The predicted octanol–water partition coefficient (Wildman–Crippen LogP) is 2.04. The molecule has 1 aromatic rings. The summed E-state index contributed by atoms with van der Waals surface area (Å²) >= 11 is 0. The maximum atomic E-state index is 12.4. The van der Waals surface area contributed by atoms with E-state index in [1.165, 1.54) is 0 Å². The molecular formula is C15H22N2O2. The fourth-order valence-electron chi connectivity index (χ4n) is 2.67. The Morgan fingerprint density at radius 3 is 2.58 bits per heavy atom. The van der Waals surface area contributed by atoms with Gasteiger partial charge in [0.2, 0.25) is 0 Å². The lowest BCUT2D eigenvalue weighted by Crippen LogP contribution is -2.41. The number of hydrogen-bond acceptors (Lipinski definition) is 3. The lowest BCUT2D eigenvalue weighted by atomic mass is 9.90. The number of carbonyl (C=O) groups excluding carboxylic acids is 1. The third-order valence-electron chi connectivity index (χ3n) is 3.99. The molecule has 0 saturated heterocycles. The largest absolute Gasteiger partial charge is 0.507 e. The van der Waals surface area contributed by atoms with Gasteiger partial charge >= 0.3 is 0 Å². The topological polar surface area (TPSA) is 66.6 Å². The van der Waals surface area contributed by atoms with E-state index < -0.39 is 0 Å². The van der Waals surface area contributed by atoms with Crippen LogP contribution in [0.25, 0.3) is 0 Å². The average Bonchev–Trinajstić information content (AvgIpc) is 2.41. The van der Waals surface area contributed by atoms with Gasteiger partial charge in [-0.15, -0.1) is 0 Å². The van der Waals surface area contributed by atoms with Crippen LogP contribution in [0.3, 0.4) is 0 Å². The first kappa shape index (κ1) is 13.9. The normalized spacial score (nSPS) is 23.1. The van der Waals surface area contributed by atoms with Crippen LogP contribution in [0.4, 0.5) is 0 Å². The van der Waals surface area contributed by atoms with E-state index in [0.29, 0.717) is 5.56 Å². The number of nitrogens with zero attached hydrogens (tertiary/aromatic N) is 1. The fraction of sp³-hybridized carbons (Fsp3) is 0.533. The van der Waals surface area contributed by atoms with Crippen LogP contribution in [0.5, 0.6) is 5.75 Å². The highest BCUT2D eigenvalue weighted by atomic mass is 16.3. The number of rotatable bonds is 2. The van der Waals surface area contributed by atoms with Crippen molar-refractivity contribution >= 4 is 5.91 Å². The molecule has 0 atom stereocenters. The Bertz CT molecular complexity index is 465. The minimum atomic E-state index is -0.110. The number of nitrogens with two attached hydrogens (primary N) is 1. The van der Waals surface area contributed by atoms with Crippen molar-refractivity contribution in [2.24, 2.45) is 5.73 Å². The number of aromatic hydroxyl groups is 1. The van der Waals surface area contributed by atoms with Gasteiger partial charge in [-0.05, 0) is 44.7 Å². The van der Waals surface area contributed by atoms with Gasteiger partial charge < -0.3 is 15.7 Å². The summed E-state index contributed by atoms with van der Waals surface area (Å²) in [5, 5.41) is 9.83. The summed E-state index contributed by atoms with van der Waals surface area (Å²) in [6, 6.07) is 5.61.